The van der Waals surface area contributed by atoms with Gasteiger partial charge in [0.25, 0.3) is 5.91 Å². The van der Waals surface area contributed by atoms with Gasteiger partial charge in [-0.2, -0.15) is 0 Å². The topological polar surface area (TPSA) is 55.1 Å². The summed E-state index contributed by atoms with van der Waals surface area (Å²) in [6.45, 7) is 0.897. The summed E-state index contributed by atoms with van der Waals surface area (Å²) < 4.78 is 0. The Balaban J connectivity index is 2.09. The molecule has 0 saturated heterocycles. The van der Waals surface area contributed by atoms with E-state index in [1.54, 1.807) is 0 Å². The van der Waals surface area contributed by atoms with Crippen LogP contribution in [0.1, 0.15) is 10.4 Å². The predicted molar refractivity (Wildman–Crippen MR) is 100 cm³/mol. The maximum absolute atomic E-state index is 12.8. The van der Waals surface area contributed by atoms with Gasteiger partial charge in [-0.05, 0) is 50.5 Å². The molecule has 4 rings (SSSR count). The summed E-state index contributed by atoms with van der Waals surface area (Å²) in [6, 6.07) is 22.6. The zero-order valence-electron chi connectivity index (χ0n) is 13.3. The van der Waals surface area contributed by atoms with Gasteiger partial charge in [-0.15, -0.1) is 0 Å². The molecule has 0 aliphatic rings. The fourth-order valence-electron chi connectivity index (χ4n) is 3.28. The summed E-state index contributed by atoms with van der Waals surface area (Å²) in [5.41, 5.74) is 6.26. The minimum atomic E-state index is -0.0717. The molecule has 1 amide bonds. The van der Waals surface area contributed by atoms with Gasteiger partial charge >= 0.3 is 0 Å². The summed E-state index contributed by atoms with van der Waals surface area (Å²) in [6.07, 6.45) is 0. The molecule has 3 nitrogen and oxygen atoms in total. The van der Waals surface area contributed by atoms with Gasteiger partial charge < -0.3 is 11.1 Å². The van der Waals surface area contributed by atoms with Gasteiger partial charge in [0.05, 0.1) is 5.56 Å². The molecule has 3 heteroatoms. The largest absolute Gasteiger partial charge is 0.351 e. The van der Waals surface area contributed by atoms with Gasteiger partial charge in [-0.3, -0.25) is 4.79 Å². The number of fused-ring (bicyclic) bond motifs is 3. The average Bonchev–Trinajstić information content (AvgIpc) is 2.62. The Bertz CT molecular complexity index is 1060. The van der Waals surface area contributed by atoms with E-state index < -0.39 is 0 Å². The van der Waals surface area contributed by atoms with Crippen molar-refractivity contribution in [1.82, 2.24) is 5.32 Å². The first-order valence-corrected chi connectivity index (χ1v) is 8.10. The smallest absolute Gasteiger partial charge is 0.252 e. The molecule has 24 heavy (non-hydrogen) atoms. The standard InChI is InChI=1S/C21H18N2O/c22-9-10-23-21(24)20-18-8-4-3-7-16(18)12-17-11-14-5-1-2-6-15(14)13-19(17)20/h1-8,11-13H,9-10,22H2,(H,23,24). The zero-order valence-corrected chi connectivity index (χ0v) is 13.3. The van der Waals surface area contributed by atoms with Crippen LogP contribution in [0, 0.1) is 0 Å². The highest BCUT2D eigenvalue weighted by Crippen LogP contribution is 2.31. The van der Waals surface area contributed by atoms with Crippen molar-refractivity contribution < 1.29 is 4.79 Å². The van der Waals surface area contributed by atoms with Crippen molar-refractivity contribution in [1.29, 1.82) is 0 Å². The summed E-state index contributed by atoms with van der Waals surface area (Å²) in [7, 11) is 0. The van der Waals surface area contributed by atoms with E-state index in [0.29, 0.717) is 13.1 Å². The van der Waals surface area contributed by atoms with Crippen molar-refractivity contribution in [2.24, 2.45) is 5.73 Å². The van der Waals surface area contributed by atoms with Crippen molar-refractivity contribution in [3.8, 4) is 0 Å². The molecule has 3 N–H and O–H groups in total. The zero-order chi connectivity index (χ0) is 16.5. The molecule has 118 valence electrons. The Morgan fingerprint density at radius 3 is 2.17 bits per heavy atom. The van der Waals surface area contributed by atoms with E-state index in [1.807, 2.05) is 36.4 Å². The lowest BCUT2D eigenvalue weighted by Crippen LogP contribution is -2.29. The van der Waals surface area contributed by atoms with E-state index in [2.05, 4.69) is 35.6 Å². The van der Waals surface area contributed by atoms with Crippen molar-refractivity contribution >= 4 is 38.2 Å². The number of carbonyl (C=O) groups excluding carboxylic acids is 1. The number of nitrogens with one attached hydrogen (secondary N) is 1. The maximum Gasteiger partial charge on any atom is 0.252 e. The fraction of sp³-hybridized carbons (Fsp3) is 0.0952. The number of hydrogen-bond acceptors (Lipinski definition) is 2. The van der Waals surface area contributed by atoms with E-state index >= 15 is 0 Å². The van der Waals surface area contributed by atoms with Gasteiger partial charge in [-0.1, -0.05) is 48.5 Å². The van der Waals surface area contributed by atoms with Crippen molar-refractivity contribution in [2.45, 2.75) is 0 Å². The Kier molecular flexibility index (Phi) is 3.63. The van der Waals surface area contributed by atoms with Crippen LogP contribution in [0.2, 0.25) is 0 Å². The number of benzene rings is 4. The second-order valence-corrected chi connectivity index (χ2v) is 5.94. The summed E-state index contributed by atoms with van der Waals surface area (Å²) >= 11 is 0. The van der Waals surface area contributed by atoms with Gasteiger partial charge in [0.2, 0.25) is 0 Å². The molecular weight excluding hydrogens is 296 g/mol. The molecule has 0 aromatic heterocycles. The highest BCUT2D eigenvalue weighted by atomic mass is 16.1. The Hall–Kier alpha value is -2.91. The lowest BCUT2D eigenvalue weighted by Gasteiger charge is -2.13. The highest BCUT2D eigenvalue weighted by molar-refractivity contribution is 6.20. The second-order valence-electron chi connectivity index (χ2n) is 5.94. The van der Waals surface area contributed by atoms with Crippen molar-refractivity contribution in [3.63, 3.8) is 0 Å². The third kappa shape index (κ3) is 2.39. The molecule has 0 aliphatic carbocycles. The Morgan fingerprint density at radius 2 is 1.42 bits per heavy atom. The molecule has 0 unspecified atom stereocenters. The number of rotatable bonds is 3. The molecule has 0 radical (unpaired) electrons. The molecule has 0 fully saturated rings. The quantitative estimate of drug-likeness (QED) is 0.565. The first kappa shape index (κ1) is 14.7. The van der Waals surface area contributed by atoms with Gasteiger partial charge in [-0.25, -0.2) is 0 Å². The van der Waals surface area contributed by atoms with Crippen LogP contribution in [-0.2, 0) is 0 Å². The SMILES string of the molecule is NCCNC(=O)c1c2ccccc2cc2cc3ccccc3cc12. The van der Waals surface area contributed by atoms with Crippen LogP contribution in [0.5, 0.6) is 0 Å². The van der Waals surface area contributed by atoms with E-state index in [4.69, 9.17) is 5.73 Å². The van der Waals surface area contributed by atoms with Crippen LogP contribution in [0.15, 0.2) is 66.7 Å². The first-order chi connectivity index (χ1) is 11.8. The molecule has 4 aromatic carbocycles. The van der Waals surface area contributed by atoms with Gasteiger partial charge in [0.1, 0.15) is 0 Å². The van der Waals surface area contributed by atoms with E-state index in [0.717, 1.165) is 32.5 Å². The molecule has 0 saturated carbocycles. The van der Waals surface area contributed by atoms with Crippen molar-refractivity contribution in [3.05, 3.63) is 72.3 Å². The Labute approximate surface area is 140 Å². The van der Waals surface area contributed by atoms with Gasteiger partial charge in [0.15, 0.2) is 0 Å². The van der Waals surface area contributed by atoms with Crippen LogP contribution in [0.3, 0.4) is 0 Å². The number of amides is 1. The monoisotopic (exact) mass is 314 g/mol. The number of nitrogens with two attached hydrogens (primary N) is 1. The molecule has 0 spiro atoms. The Morgan fingerprint density at radius 1 is 0.792 bits per heavy atom. The average molecular weight is 314 g/mol. The van der Waals surface area contributed by atoms with Crippen LogP contribution in [0.25, 0.3) is 32.3 Å². The second kappa shape index (κ2) is 5.95. The fourth-order valence-corrected chi connectivity index (χ4v) is 3.28. The van der Waals surface area contributed by atoms with Gasteiger partial charge in [0, 0.05) is 13.1 Å². The van der Waals surface area contributed by atoms with E-state index in [1.165, 1.54) is 5.39 Å². The third-order valence-corrected chi connectivity index (χ3v) is 4.39. The van der Waals surface area contributed by atoms with Crippen LogP contribution < -0.4 is 11.1 Å². The summed E-state index contributed by atoms with van der Waals surface area (Å²) in [5, 5.41) is 9.31. The third-order valence-electron chi connectivity index (χ3n) is 4.39. The van der Waals surface area contributed by atoms with Crippen LogP contribution >= 0.6 is 0 Å². The lowest BCUT2D eigenvalue weighted by atomic mass is 9.94. The highest BCUT2D eigenvalue weighted by Gasteiger charge is 2.15. The molecule has 0 heterocycles. The van der Waals surface area contributed by atoms with Crippen LogP contribution in [0.4, 0.5) is 0 Å². The molecule has 4 aromatic rings. The number of hydrogen-bond donors (Lipinski definition) is 2. The van der Waals surface area contributed by atoms with Crippen LogP contribution in [-0.4, -0.2) is 19.0 Å². The lowest BCUT2D eigenvalue weighted by molar-refractivity contribution is 0.0958. The summed E-state index contributed by atoms with van der Waals surface area (Å²) in [5.74, 6) is -0.0717. The maximum atomic E-state index is 12.8. The molecule has 0 atom stereocenters. The van der Waals surface area contributed by atoms with Crippen molar-refractivity contribution in [2.75, 3.05) is 13.1 Å². The summed E-state index contributed by atoms with van der Waals surface area (Å²) in [4.78, 5) is 12.8. The predicted octanol–water partition coefficient (Wildman–Crippen LogP) is 3.83. The first-order valence-electron chi connectivity index (χ1n) is 8.10. The van der Waals surface area contributed by atoms with E-state index in [9.17, 15) is 4.79 Å². The minimum absolute atomic E-state index is 0.0717. The molecule has 0 bridgehead atoms. The molecular formula is C21H18N2O. The van der Waals surface area contributed by atoms with E-state index in [-0.39, 0.29) is 5.91 Å². The number of carbonyl (C=O) groups is 1. The molecule has 0 aliphatic heterocycles. The minimum Gasteiger partial charge on any atom is -0.351 e. The normalized spacial score (nSPS) is 11.2.